The number of hydrogen-bond donors (Lipinski definition) is 0. The zero-order chi connectivity index (χ0) is 17.8. The molecule has 0 aromatic rings. The van der Waals surface area contributed by atoms with Gasteiger partial charge in [0.15, 0.2) is 10.1 Å². The number of rotatable bonds is 3. The van der Waals surface area contributed by atoms with Crippen molar-refractivity contribution in [2.75, 3.05) is 6.61 Å². The van der Waals surface area contributed by atoms with E-state index in [9.17, 15) is 34.8 Å². The molecule has 0 fully saturated rings. The molecule has 0 atom stereocenters. The molecule has 14 heteroatoms. The molecule has 0 aliphatic heterocycles. The topological polar surface area (TPSA) is 101 Å². The molecule has 1 aliphatic carbocycles. The SMILES string of the molecule is O=S(=O)(OCC1CC=CC1)C(F)(F)F.O=S(=O)([O-])C(F)(F)F. The van der Waals surface area contributed by atoms with E-state index in [1.165, 1.54) is 0 Å². The predicted molar refractivity (Wildman–Crippen MR) is 58.5 cm³/mol. The Bertz CT molecular complexity index is 580. The maximum Gasteiger partial charge on any atom is 0.523 e. The summed E-state index contributed by atoms with van der Waals surface area (Å²) < 4.78 is 119. The number of allylic oxidation sites excluding steroid dienone is 2. The molecule has 0 N–H and O–H groups in total. The molecule has 0 radical (unpaired) electrons. The number of alkyl halides is 6. The van der Waals surface area contributed by atoms with Gasteiger partial charge in [-0.25, -0.2) is 8.42 Å². The van der Waals surface area contributed by atoms with Gasteiger partial charge >= 0.3 is 21.1 Å². The summed E-state index contributed by atoms with van der Waals surface area (Å²) >= 11 is 0. The smallest absolute Gasteiger partial charge is 0.523 e. The van der Waals surface area contributed by atoms with Crippen molar-refractivity contribution in [3.8, 4) is 0 Å². The van der Waals surface area contributed by atoms with Crippen LogP contribution in [0, 0.1) is 5.92 Å². The number of halogens is 6. The Kier molecular flexibility index (Phi) is 6.86. The largest absolute Gasteiger partial charge is 0.741 e. The van der Waals surface area contributed by atoms with E-state index in [0.717, 1.165) is 0 Å². The Labute approximate surface area is 121 Å². The first kappa shape index (κ1) is 21.1. The van der Waals surface area contributed by atoms with E-state index in [4.69, 9.17) is 13.0 Å². The lowest BCUT2D eigenvalue weighted by Crippen LogP contribution is -2.27. The van der Waals surface area contributed by atoms with Gasteiger partial charge in [-0.3, -0.25) is 4.18 Å². The van der Waals surface area contributed by atoms with Crippen LogP contribution in [0.2, 0.25) is 0 Å². The molecule has 0 aromatic carbocycles. The van der Waals surface area contributed by atoms with E-state index >= 15 is 0 Å². The number of hydrogen-bond acceptors (Lipinski definition) is 6. The fourth-order valence-electron chi connectivity index (χ4n) is 1.06. The van der Waals surface area contributed by atoms with Crippen LogP contribution in [0.4, 0.5) is 26.3 Å². The minimum atomic E-state index is -6.09. The van der Waals surface area contributed by atoms with Gasteiger partial charge in [0.05, 0.1) is 6.61 Å². The van der Waals surface area contributed by atoms with Crippen LogP contribution in [0.25, 0.3) is 0 Å². The normalized spacial score (nSPS) is 17.2. The van der Waals surface area contributed by atoms with Gasteiger partial charge in [-0.2, -0.15) is 34.8 Å². The molecule has 0 saturated carbocycles. The summed E-state index contributed by atoms with van der Waals surface area (Å²) in [7, 11) is -11.5. The summed E-state index contributed by atoms with van der Waals surface area (Å²) in [4.78, 5) is 0. The lowest BCUT2D eigenvalue weighted by atomic mass is 10.1. The Morgan fingerprint density at radius 1 is 0.955 bits per heavy atom. The van der Waals surface area contributed by atoms with Crippen molar-refractivity contribution in [3.05, 3.63) is 12.2 Å². The lowest BCUT2D eigenvalue weighted by Gasteiger charge is -2.11. The van der Waals surface area contributed by atoms with Gasteiger partial charge in [0.1, 0.15) is 0 Å². The standard InChI is InChI=1S/C7H9F3O3S.CHF3O3S/c8-7(9,10)14(11,12)13-5-6-3-1-2-4-6;2-1(3,4)8(5,6)7/h1-2,6H,3-5H2;(H,5,6,7)/p-1. The summed E-state index contributed by atoms with van der Waals surface area (Å²) in [5.74, 6) is -0.160. The van der Waals surface area contributed by atoms with E-state index in [1.807, 2.05) is 0 Å². The molecule has 6 nitrogen and oxygen atoms in total. The van der Waals surface area contributed by atoms with E-state index in [0.29, 0.717) is 12.8 Å². The Morgan fingerprint density at radius 2 is 1.32 bits per heavy atom. The highest BCUT2D eigenvalue weighted by molar-refractivity contribution is 7.87. The maximum atomic E-state index is 11.8. The molecule has 0 aromatic heterocycles. The Morgan fingerprint density at radius 3 is 1.59 bits per heavy atom. The second-order valence-corrected chi connectivity index (χ2v) is 6.87. The molecule has 0 bridgehead atoms. The van der Waals surface area contributed by atoms with Crippen LogP contribution in [0.5, 0.6) is 0 Å². The minimum Gasteiger partial charge on any atom is -0.741 e. The summed E-state index contributed by atoms with van der Waals surface area (Å²) in [6.45, 7) is -0.408. The molecular formula is C8H9F6O6S2-. The van der Waals surface area contributed by atoms with E-state index in [1.54, 1.807) is 12.2 Å². The second kappa shape index (κ2) is 7.14. The summed E-state index contributed by atoms with van der Waals surface area (Å²) in [6.07, 6.45) is 4.70. The summed E-state index contributed by atoms with van der Waals surface area (Å²) in [6, 6.07) is 0. The van der Waals surface area contributed by atoms with Gasteiger partial charge in [-0.05, 0) is 18.8 Å². The summed E-state index contributed by atoms with van der Waals surface area (Å²) in [5.41, 5.74) is -11.0. The van der Waals surface area contributed by atoms with E-state index < -0.39 is 37.9 Å². The molecular weight excluding hydrogens is 370 g/mol. The van der Waals surface area contributed by atoms with Crippen molar-refractivity contribution in [3.63, 3.8) is 0 Å². The van der Waals surface area contributed by atoms with Crippen LogP contribution in [0.3, 0.4) is 0 Å². The molecule has 0 spiro atoms. The zero-order valence-corrected chi connectivity index (χ0v) is 12.0. The maximum absolute atomic E-state index is 11.8. The van der Waals surface area contributed by atoms with Crippen molar-refractivity contribution in [1.82, 2.24) is 0 Å². The van der Waals surface area contributed by atoms with Gasteiger partial charge in [0.25, 0.3) is 0 Å². The van der Waals surface area contributed by atoms with Crippen LogP contribution < -0.4 is 0 Å². The molecule has 0 amide bonds. The van der Waals surface area contributed by atoms with Gasteiger partial charge in [0, 0.05) is 0 Å². The summed E-state index contributed by atoms with van der Waals surface area (Å²) in [5, 5.41) is 0. The minimum absolute atomic E-state index is 0.160. The van der Waals surface area contributed by atoms with Gasteiger partial charge < -0.3 is 4.55 Å². The third-order valence-corrected chi connectivity index (χ3v) is 3.71. The van der Waals surface area contributed by atoms with Crippen LogP contribution >= 0.6 is 0 Å². The van der Waals surface area contributed by atoms with Crippen LogP contribution in [0.15, 0.2) is 12.2 Å². The second-order valence-electron chi connectivity index (χ2n) is 3.89. The first-order valence-electron chi connectivity index (χ1n) is 5.21. The van der Waals surface area contributed by atoms with Gasteiger partial charge in [-0.1, -0.05) is 12.2 Å². The van der Waals surface area contributed by atoms with Crippen LogP contribution in [-0.2, 0) is 24.4 Å². The third kappa shape index (κ3) is 6.93. The zero-order valence-electron chi connectivity index (χ0n) is 10.4. The molecule has 132 valence electrons. The highest BCUT2D eigenvalue weighted by atomic mass is 32.2. The first-order chi connectivity index (χ1) is 9.58. The van der Waals surface area contributed by atoms with Gasteiger partial charge in [0.2, 0.25) is 0 Å². The predicted octanol–water partition coefficient (Wildman–Crippen LogP) is 1.87. The quantitative estimate of drug-likeness (QED) is 0.244. The fraction of sp³-hybridized carbons (Fsp3) is 0.750. The molecule has 0 unspecified atom stereocenters. The van der Waals surface area contributed by atoms with E-state index in [2.05, 4.69) is 4.18 Å². The van der Waals surface area contributed by atoms with Crippen molar-refractivity contribution in [2.24, 2.45) is 5.92 Å². The van der Waals surface area contributed by atoms with Crippen LogP contribution in [-0.4, -0.2) is 39.0 Å². The molecule has 0 saturated heterocycles. The monoisotopic (exact) mass is 379 g/mol. The van der Waals surface area contributed by atoms with Gasteiger partial charge in [-0.15, -0.1) is 0 Å². The Hall–Kier alpha value is -0.860. The van der Waals surface area contributed by atoms with Crippen LogP contribution in [0.1, 0.15) is 12.8 Å². The third-order valence-electron chi connectivity index (χ3n) is 2.13. The lowest BCUT2D eigenvalue weighted by molar-refractivity contribution is -0.0550. The average molecular weight is 379 g/mol. The van der Waals surface area contributed by atoms with Crippen molar-refractivity contribution in [2.45, 2.75) is 23.9 Å². The molecule has 1 aliphatic rings. The highest BCUT2D eigenvalue weighted by Gasteiger charge is 2.47. The molecule has 22 heavy (non-hydrogen) atoms. The van der Waals surface area contributed by atoms with Crippen molar-refractivity contribution >= 4 is 20.2 Å². The average Bonchev–Trinajstić information content (AvgIpc) is 2.75. The van der Waals surface area contributed by atoms with Crippen molar-refractivity contribution < 1.29 is 51.9 Å². The Balaban J connectivity index is 0.000000472. The fourth-order valence-corrected chi connectivity index (χ4v) is 1.57. The molecule has 1 rings (SSSR count). The van der Waals surface area contributed by atoms with Crippen molar-refractivity contribution in [1.29, 1.82) is 0 Å². The van der Waals surface area contributed by atoms with E-state index in [-0.39, 0.29) is 5.92 Å². The first-order valence-corrected chi connectivity index (χ1v) is 8.02. The molecule has 0 heterocycles. The highest BCUT2D eigenvalue weighted by Crippen LogP contribution is 2.26.